The normalized spacial score (nSPS) is 11.3. The fraction of sp³-hybridized carbons (Fsp3) is 0.381. The Bertz CT molecular complexity index is 1020. The number of rotatable bonds is 9. The Morgan fingerprint density at radius 1 is 0.933 bits per heavy atom. The number of carbonyl (C=O) groups excluding carboxylic acids is 1. The van der Waals surface area contributed by atoms with Gasteiger partial charge < -0.3 is 19.5 Å². The first-order valence-corrected chi connectivity index (χ1v) is 10.9. The van der Waals surface area contributed by atoms with E-state index in [9.17, 15) is 13.2 Å². The molecular formula is C21H28N2O6S. The van der Waals surface area contributed by atoms with Gasteiger partial charge in [-0.25, -0.2) is 8.42 Å². The van der Waals surface area contributed by atoms with E-state index in [0.29, 0.717) is 41.6 Å². The van der Waals surface area contributed by atoms with Crippen LogP contribution < -0.4 is 19.5 Å². The summed E-state index contributed by atoms with van der Waals surface area (Å²) < 4.78 is 43.1. The van der Waals surface area contributed by atoms with Crippen molar-refractivity contribution in [3.05, 3.63) is 41.5 Å². The highest BCUT2D eigenvalue weighted by Crippen LogP contribution is 2.35. The Labute approximate surface area is 177 Å². The zero-order valence-corrected chi connectivity index (χ0v) is 18.9. The molecule has 2 aromatic rings. The number of hydrogen-bond donors (Lipinski definition) is 1. The molecule has 0 aliphatic rings. The molecule has 0 aromatic heterocycles. The summed E-state index contributed by atoms with van der Waals surface area (Å²) in [4.78, 5) is 13.1. The van der Waals surface area contributed by atoms with E-state index in [1.165, 1.54) is 37.8 Å². The van der Waals surface area contributed by atoms with Crippen LogP contribution >= 0.6 is 0 Å². The lowest BCUT2D eigenvalue weighted by molar-refractivity contribution is 0.102. The number of methoxy groups -OCH3 is 3. The second-order valence-electron chi connectivity index (χ2n) is 6.43. The Kier molecular flexibility index (Phi) is 7.69. The van der Waals surface area contributed by atoms with Gasteiger partial charge in [0.25, 0.3) is 5.91 Å². The highest BCUT2D eigenvalue weighted by molar-refractivity contribution is 7.89. The minimum atomic E-state index is -3.67. The van der Waals surface area contributed by atoms with E-state index in [1.54, 1.807) is 39.0 Å². The Morgan fingerprint density at radius 2 is 1.50 bits per heavy atom. The average molecular weight is 437 g/mol. The van der Waals surface area contributed by atoms with E-state index >= 15 is 0 Å². The maximum Gasteiger partial charge on any atom is 0.259 e. The maximum atomic E-state index is 12.9. The van der Waals surface area contributed by atoms with Crippen molar-refractivity contribution in [1.29, 1.82) is 0 Å². The minimum Gasteiger partial charge on any atom is -0.496 e. The third-order valence-electron chi connectivity index (χ3n) is 4.72. The third-order valence-corrected chi connectivity index (χ3v) is 6.91. The largest absolute Gasteiger partial charge is 0.496 e. The van der Waals surface area contributed by atoms with Crippen molar-refractivity contribution < 1.29 is 27.4 Å². The molecular weight excluding hydrogens is 408 g/mol. The fourth-order valence-corrected chi connectivity index (χ4v) is 4.77. The van der Waals surface area contributed by atoms with Crippen molar-refractivity contribution in [2.24, 2.45) is 0 Å². The van der Waals surface area contributed by atoms with E-state index in [0.717, 1.165) is 0 Å². The van der Waals surface area contributed by atoms with Crippen molar-refractivity contribution >= 4 is 21.6 Å². The zero-order chi connectivity index (χ0) is 22.5. The summed E-state index contributed by atoms with van der Waals surface area (Å²) >= 11 is 0. The maximum absolute atomic E-state index is 12.9. The van der Waals surface area contributed by atoms with Crippen molar-refractivity contribution in [1.82, 2.24) is 4.31 Å². The number of aryl methyl sites for hydroxylation is 1. The Morgan fingerprint density at radius 3 is 2.03 bits per heavy atom. The van der Waals surface area contributed by atoms with E-state index in [-0.39, 0.29) is 10.5 Å². The Balaban J connectivity index is 2.44. The van der Waals surface area contributed by atoms with Crippen LogP contribution in [0.5, 0.6) is 17.2 Å². The summed E-state index contributed by atoms with van der Waals surface area (Å²) in [6, 6.07) is 7.85. The molecule has 0 bridgehead atoms. The van der Waals surface area contributed by atoms with E-state index < -0.39 is 15.9 Å². The van der Waals surface area contributed by atoms with Gasteiger partial charge in [-0.1, -0.05) is 19.9 Å². The van der Waals surface area contributed by atoms with Gasteiger partial charge in [0.1, 0.15) is 5.75 Å². The second-order valence-corrected chi connectivity index (χ2v) is 8.34. The number of nitrogens with one attached hydrogen (secondary N) is 1. The second kappa shape index (κ2) is 9.82. The molecule has 2 rings (SSSR count). The molecule has 0 unspecified atom stereocenters. The van der Waals surface area contributed by atoms with Gasteiger partial charge in [0.2, 0.25) is 10.0 Å². The fourth-order valence-electron chi connectivity index (χ4n) is 3.06. The molecule has 0 fully saturated rings. The van der Waals surface area contributed by atoms with E-state index in [2.05, 4.69) is 5.32 Å². The molecule has 9 heteroatoms. The first-order valence-electron chi connectivity index (χ1n) is 9.45. The van der Waals surface area contributed by atoms with Crippen LogP contribution in [0.2, 0.25) is 0 Å². The molecule has 0 saturated carbocycles. The standard InChI is InChI=1S/C21H28N2O6S/c1-7-23(8-2)30(25,26)20-11-15(10-9-14(20)3)22-21(24)16-12-18(28-5)19(29-6)13-17(16)27-4/h9-13H,7-8H2,1-6H3,(H,22,24). The predicted octanol–water partition coefficient (Wildman–Crippen LogP) is 3.30. The molecule has 1 N–H and O–H groups in total. The number of amides is 1. The summed E-state index contributed by atoms with van der Waals surface area (Å²) in [6.07, 6.45) is 0. The molecule has 0 heterocycles. The van der Waals surface area contributed by atoms with Crippen LogP contribution in [0, 0.1) is 6.92 Å². The van der Waals surface area contributed by atoms with Crippen molar-refractivity contribution in [2.45, 2.75) is 25.7 Å². The summed E-state index contributed by atoms with van der Waals surface area (Å²) in [5, 5.41) is 2.74. The van der Waals surface area contributed by atoms with E-state index in [1.807, 2.05) is 0 Å². The summed E-state index contributed by atoms with van der Waals surface area (Å²) in [7, 11) is 0.733. The lowest BCUT2D eigenvalue weighted by atomic mass is 10.1. The van der Waals surface area contributed by atoms with Crippen LogP contribution in [0.3, 0.4) is 0 Å². The van der Waals surface area contributed by atoms with Gasteiger partial charge in [-0.05, 0) is 24.6 Å². The van der Waals surface area contributed by atoms with Gasteiger partial charge in [-0.15, -0.1) is 0 Å². The average Bonchev–Trinajstić information content (AvgIpc) is 2.74. The molecule has 2 aromatic carbocycles. The van der Waals surface area contributed by atoms with Gasteiger partial charge in [0, 0.05) is 30.9 Å². The molecule has 0 saturated heterocycles. The zero-order valence-electron chi connectivity index (χ0n) is 18.1. The van der Waals surface area contributed by atoms with Crippen LogP contribution in [0.15, 0.2) is 35.2 Å². The van der Waals surface area contributed by atoms with Crippen molar-refractivity contribution in [3.8, 4) is 17.2 Å². The lowest BCUT2D eigenvalue weighted by Crippen LogP contribution is -2.31. The van der Waals surface area contributed by atoms with Crippen molar-refractivity contribution in [3.63, 3.8) is 0 Å². The molecule has 0 spiro atoms. The molecule has 0 radical (unpaired) electrons. The van der Waals surface area contributed by atoms with Crippen LogP contribution in [-0.2, 0) is 10.0 Å². The van der Waals surface area contributed by atoms with Gasteiger partial charge >= 0.3 is 0 Å². The monoisotopic (exact) mass is 436 g/mol. The van der Waals surface area contributed by atoms with Crippen LogP contribution in [-0.4, -0.2) is 53.0 Å². The number of sulfonamides is 1. The summed E-state index contributed by atoms with van der Waals surface area (Å²) in [5.41, 5.74) is 1.18. The Hall–Kier alpha value is -2.78. The molecule has 164 valence electrons. The lowest BCUT2D eigenvalue weighted by Gasteiger charge is -2.20. The van der Waals surface area contributed by atoms with Gasteiger partial charge in [0.15, 0.2) is 11.5 Å². The van der Waals surface area contributed by atoms with Crippen LogP contribution in [0.1, 0.15) is 29.8 Å². The van der Waals surface area contributed by atoms with Gasteiger partial charge in [-0.2, -0.15) is 4.31 Å². The van der Waals surface area contributed by atoms with Gasteiger partial charge in [-0.3, -0.25) is 4.79 Å². The molecule has 0 aliphatic carbocycles. The number of anilines is 1. The molecule has 0 aliphatic heterocycles. The van der Waals surface area contributed by atoms with Crippen molar-refractivity contribution in [2.75, 3.05) is 39.7 Å². The highest BCUT2D eigenvalue weighted by atomic mass is 32.2. The molecule has 30 heavy (non-hydrogen) atoms. The van der Waals surface area contributed by atoms with E-state index in [4.69, 9.17) is 14.2 Å². The smallest absolute Gasteiger partial charge is 0.259 e. The van der Waals surface area contributed by atoms with Crippen LogP contribution in [0.25, 0.3) is 0 Å². The summed E-state index contributed by atoms with van der Waals surface area (Å²) in [6.45, 7) is 6.01. The molecule has 0 atom stereocenters. The predicted molar refractivity (Wildman–Crippen MR) is 115 cm³/mol. The number of carbonyl (C=O) groups is 1. The summed E-state index contributed by atoms with van der Waals surface area (Å²) in [5.74, 6) is 0.627. The number of benzene rings is 2. The molecule has 8 nitrogen and oxygen atoms in total. The topological polar surface area (TPSA) is 94.2 Å². The quantitative estimate of drug-likeness (QED) is 0.648. The number of ether oxygens (including phenoxy) is 3. The number of nitrogens with zero attached hydrogens (tertiary/aromatic N) is 1. The highest BCUT2D eigenvalue weighted by Gasteiger charge is 2.24. The van der Waals surface area contributed by atoms with Gasteiger partial charge in [0.05, 0.1) is 31.8 Å². The van der Waals surface area contributed by atoms with Crippen LogP contribution in [0.4, 0.5) is 5.69 Å². The molecule has 1 amide bonds. The first-order chi connectivity index (χ1) is 14.2. The SMILES string of the molecule is CCN(CC)S(=O)(=O)c1cc(NC(=O)c2cc(OC)c(OC)cc2OC)ccc1C. The first kappa shape index (κ1) is 23.5. The minimum absolute atomic E-state index is 0.156. The third kappa shape index (κ3) is 4.68. The number of hydrogen-bond acceptors (Lipinski definition) is 6.